The minimum Gasteiger partial charge on any atom is -0.490 e. The molecule has 0 aliphatic carbocycles. The number of furan rings is 1. The zero-order chi connectivity index (χ0) is 19.6. The first-order valence-corrected chi connectivity index (χ1v) is 7.70. The molecule has 0 saturated carbocycles. The largest absolute Gasteiger partial charge is 0.490 e. The van der Waals surface area contributed by atoms with Gasteiger partial charge >= 0.3 is 11.4 Å². The molecule has 0 unspecified atom stereocenters. The highest BCUT2D eigenvalue weighted by molar-refractivity contribution is 5.70. The fourth-order valence-corrected chi connectivity index (χ4v) is 2.61. The van der Waals surface area contributed by atoms with E-state index in [0.717, 1.165) is 0 Å². The first-order chi connectivity index (χ1) is 12.9. The Morgan fingerprint density at radius 2 is 1.15 bits per heavy atom. The Kier molecular flexibility index (Phi) is 4.75. The van der Waals surface area contributed by atoms with E-state index < -0.39 is 9.85 Å². The van der Waals surface area contributed by atoms with Gasteiger partial charge in [-0.05, 0) is 36.4 Å². The summed E-state index contributed by atoms with van der Waals surface area (Å²) >= 11 is 0. The maximum absolute atomic E-state index is 11.0. The number of nitro groups is 2. The Labute approximate surface area is 153 Å². The second-order valence-electron chi connectivity index (χ2n) is 5.45. The summed E-state index contributed by atoms with van der Waals surface area (Å²) in [5.41, 5.74) is 0.899. The molecule has 3 rings (SSSR count). The van der Waals surface area contributed by atoms with Crippen LogP contribution in [0.4, 0.5) is 11.4 Å². The monoisotopic (exact) mass is 370 g/mol. The molecule has 0 bridgehead atoms. The van der Waals surface area contributed by atoms with Crippen molar-refractivity contribution in [1.29, 1.82) is 0 Å². The molecule has 0 radical (unpaired) electrons. The topological polar surface area (TPSA) is 118 Å². The third kappa shape index (κ3) is 3.43. The lowest BCUT2D eigenvalue weighted by Crippen LogP contribution is -1.93. The summed E-state index contributed by atoms with van der Waals surface area (Å²) in [6.45, 7) is 0. The van der Waals surface area contributed by atoms with E-state index in [1.54, 1.807) is 24.3 Å². The summed E-state index contributed by atoms with van der Waals surface area (Å²) in [5, 5.41) is 22.0. The molecular formula is C18H14N2O7. The molecule has 2 aromatic carbocycles. The van der Waals surface area contributed by atoms with Gasteiger partial charge in [-0.2, -0.15) is 0 Å². The van der Waals surface area contributed by atoms with E-state index in [1.165, 1.54) is 38.5 Å². The van der Waals surface area contributed by atoms with Gasteiger partial charge in [-0.15, -0.1) is 0 Å². The number of rotatable bonds is 6. The maximum atomic E-state index is 11.0. The minimum atomic E-state index is -0.528. The molecule has 1 heterocycles. The molecule has 0 amide bonds. The van der Waals surface area contributed by atoms with E-state index in [4.69, 9.17) is 13.9 Å². The summed E-state index contributed by atoms with van der Waals surface area (Å²) in [6.07, 6.45) is 0. The molecule has 138 valence electrons. The van der Waals surface area contributed by atoms with Gasteiger partial charge in [0.05, 0.1) is 24.1 Å². The van der Waals surface area contributed by atoms with Gasteiger partial charge in [-0.3, -0.25) is 20.2 Å². The molecule has 0 spiro atoms. The zero-order valence-corrected chi connectivity index (χ0v) is 14.4. The van der Waals surface area contributed by atoms with Crippen molar-refractivity contribution in [2.75, 3.05) is 14.2 Å². The van der Waals surface area contributed by atoms with Crippen LogP contribution < -0.4 is 9.47 Å². The maximum Gasteiger partial charge on any atom is 0.310 e. The highest BCUT2D eigenvalue weighted by Gasteiger charge is 2.19. The van der Waals surface area contributed by atoms with Crippen LogP contribution in [0.15, 0.2) is 52.9 Å². The van der Waals surface area contributed by atoms with Crippen LogP contribution in [0.25, 0.3) is 22.6 Å². The Morgan fingerprint density at radius 1 is 0.741 bits per heavy atom. The van der Waals surface area contributed by atoms with E-state index in [0.29, 0.717) is 22.6 Å². The van der Waals surface area contributed by atoms with Crippen molar-refractivity contribution < 1.29 is 23.7 Å². The second-order valence-corrected chi connectivity index (χ2v) is 5.45. The van der Waals surface area contributed by atoms with Gasteiger partial charge in [0.1, 0.15) is 11.5 Å². The Morgan fingerprint density at radius 3 is 1.48 bits per heavy atom. The average molecular weight is 370 g/mol. The van der Waals surface area contributed by atoms with Gasteiger partial charge in [0, 0.05) is 23.3 Å². The van der Waals surface area contributed by atoms with Gasteiger partial charge in [0.25, 0.3) is 0 Å². The number of benzene rings is 2. The standard InChI is InChI=1S/C18H14N2O7/c1-25-17-9-11(3-5-13(17)19(21)22)15-7-8-16(27-15)12-4-6-14(20(23)24)18(10-12)26-2/h3-10H,1-2H3. The van der Waals surface area contributed by atoms with Crippen LogP contribution in [0, 0.1) is 20.2 Å². The van der Waals surface area contributed by atoms with Crippen LogP contribution in [-0.4, -0.2) is 24.1 Å². The van der Waals surface area contributed by atoms with Crippen molar-refractivity contribution in [2.24, 2.45) is 0 Å². The first-order valence-electron chi connectivity index (χ1n) is 7.70. The van der Waals surface area contributed by atoms with Crippen molar-refractivity contribution in [3.05, 3.63) is 68.8 Å². The molecule has 0 aliphatic rings. The van der Waals surface area contributed by atoms with Gasteiger partial charge < -0.3 is 13.9 Å². The average Bonchev–Trinajstić information content (AvgIpc) is 3.16. The highest BCUT2D eigenvalue weighted by atomic mass is 16.6. The number of hydrogen-bond acceptors (Lipinski definition) is 7. The summed E-state index contributed by atoms with van der Waals surface area (Å²) in [6, 6.07) is 12.2. The Balaban J connectivity index is 1.98. The third-order valence-corrected chi connectivity index (χ3v) is 3.93. The van der Waals surface area contributed by atoms with Gasteiger partial charge in [0.2, 0.25) is 0 Å². The van der Waals surface area contributed by atoms with Crippen LogP contribution in [0.5, 0.6) is 11.5 Å². The lowest BCUT2D eigenvalue weighted by molar-refractivity contribution is -0.385. The third-order valence-electron chi connectivity index (χ3n) is 3.93. The van der Waals surface area contributed by atoms with E-state index in [1.807, 2.05) is 0 Å². The summed E-state index contributed by atoms with van der Waals surface area (Å²) in [7, 11) is 2.70. The fourth-order valence-electron chi connectivity index (χ4n) is 2.61. The predicted molar refractivity (Wildman–Crippen MR) is 96.0 cm³/mol. The molecule has 9 heteroatoms. The van der Waals surface area contributed by atoms with Crippen molar-refractivity contribution in [2.45, 2.75) is 0 Å². The lowest BCUT2D eigenvalue weighted by Gasteiger charge is -2.05. The summed E-state index contributed by atoms with van der Waals surface area (Å²) < 4.78 is 15.9. The number of nitrogens with zero attached hydrogens (tertiary/aromatic N) is 2. The van der Waals surface area contributed by atoms with Crippen molar-refractivity contribution in [1.82, 2.24) is 0 Å². The van der Waals surface area contributed by atoms with Crippen molar-refractivity contribution in [3.63, 3.8) is 0 Å². The molecule has 0 N–H and O–H groups in total. The fraction of sp³-hybridized carbons (Fsp3) is 0.111. The molecule has 0 atom stereocenters. The summed E-state index contributed by atoms with van der Waals surface area (Å²) in [5.74, 6) is 1.17. The smallest absolute Gasteiger partial charge is 0.310 e. The van der Waals surface area contributed by atoms with Gasteiger partial charge in [-0.1, -0.05) is 0 Å². The van der Waals surface area contributed by atoms with Crippen LogP contribution in [-0.2, 0) is 0 Å². The normalized spacial score (nSPS) is 10.4. The van der Waals surface area contributed by atoms with Crippen molar-refractivity contribution in [3.8, 4) is 34.1 Å². The zero-order valence-electron chi connectivity index (χ0n) is 14.4. The number of hydrogen-bond donors (Lipinski definition) is 0. The SMILES string of the molecule is COc1cc(-c2ccc(-c3ccc([N+](=O)[O-])c(OC)c3)o2)ccc1[N+](=O)[O-]. The molecular weight excluding hydrogens is 356 g/mol. The molecule has 0 saturated heterocycles. The number of ether oxygens (including phenoxy) is 2. The van der Waals surface area contributed by atoms with Gasteiger partial charge in [-0.25, -0.2) is 0 Å². The predicted octanol–water partition coefficient (Wildman–Crippen LogP) is 4.45. The van der Waals surface area contributed by atoms with E-state index >= 15 is 0 Å². The Hall–Kier alpha value is -3.88. The van der Waals surface area contributed by atoms with Crippen LogP contribution >= 0.6 is 0 Å². The lowest BCUT2D eigenvalue weighted by atomic mass is 10.1. The van der Waals surface area contributed by atoms with E-state index in [9.17, 15) is 20.2 Å². The molecule has 0 fully saturated rings. The second kappa shape index (κ2) is 7.16. The quantitative estimate of drug-likeness (QED) is 0.464. The Bertz CT molecular complexity index is 946. The van der Waals surface area contributed by atoms with Gasteiger partial charge in [0.15, 0.2) is 11.5 Å². The highest BCUT2D eigenvalue weighted by Crippen LogP contribution is 2.36. The first kappa shape index (κ1) is 17.9. The number of methoxy groups -OCH3 is 2. The van der Waals surface area contributed by atoms with Crippen LogP contribution in [0.3, 0.4) is 0 Å². The molecule has 9 nitrogen and oxygen atoms in total. The molecule has 0 aliphatic heterocycles. The minimum absolute atomic E-state index is 0.118. The van der Waals surface area contributed by atoms with E-state index in [2.05, 4.69) is 0 Å². The summed E-state index contributed by atoms with van der Waals surface area (Å²) in [4.78, 5) is 20.9. The molecule has 3 aromatic rings. The van der Waals surface area contributed by atoms with Crippen molar-refractivity contribution >= 4 is 11.4 Å². The van der Waals surface area contributed by atoms with Crippen LogP contribution in [0.1, 0.15) is 0 Å². The van der Waals surface area contributed by atoms with Crippen LogP contribution in [0.2, 0.25) is 0 Å². The van der Waals surface area contributed by atoms with E-state index in [-0.39, 0.29) is 22.9 Å². The molecule has 27 heavy (non-hydrogen) atoms. The number of nitro benzene ring substituents is 2. The molecule has 1 aromatic heterocycles.